The second kappa shape index (κ2) is 7.96. The minimum absolute atomic E-state index is 0.147. The first-order valence-corrected chi connectivity index (χ1v) is 7.94. The van der Waals surface area contributed by atoms with Crippen LogP contribution in [0.4, 0.5) is 0 Å². The van der Waals surface area contributed by atoms with Crippen LogP contribution in [-0.2, 0) is 17.9 Å². The molecule has 0 unspecified atom stereocenters. The van der Waals surface area contributed by atoms with E-state index in [1.165, 1.54) is 6.20 Å². The monoisotopic (exact) mass is 344 g/mol. The predicted octanol–water partition coefficient (Wildman–Crippen LogP) is 1.59. The van der Waals surface area contributed by atoms with Crippen LogP contribution in [0.1, 0.15) is 21.6 Å². The van der Waals surface area contributed by atoms with Crippen molar-refractivity contribution >= 4 is 5.91 Å². The van der Waals surface area contributed by atoms with Crippen LogP contribution < -0.4 is 9.47 Å². The molecule has 7 nitrogen and oxygen atoms in total. The zero-order valence-electron chi connectivity index (χ0n) is 14.0. The first-order chi connectivity index (χ1) is 12.2. The molecule has 0 fully saturated rings. The number of carbonyl (C=O) groups excluding carboxylic acids is 1. The Kier molecular flexibility index (Phi) is 5.47. The standard InChI is InChI=1S/C18H20N2O5/c1-23-7-6-20(18(22)14-3-4-15(11-21)19-9-14)10-13-2-5-16-17(8-13)25-12-24-16/h2-5,8-9,21H,6-7,10-12H2,1H3. The van der Waals surface area contributed by atoms with E-state index < -0.39 is 0 Å². The number of aromatic nitrogens is 1. The van der Waals surface area contributed by atoms with E-state index >= 15 is 0 Å². The maximum atomic E-state index is 12.8. The fraction of sp³-hybridized carbons (Fsp3) is 0.333. The average molecular weight is 344 g/mol. The molecule has 2 aromatic rings. The molecule has 25 heavy (non-hydrogen) atoms. The molecule has 0 bridgehead atoms. The quantitative estimate of drug-likeness (QED) is 0.821. The molecular formula is C18H20N2O5. The summed E-state index contributed by atoms with van der Waals surface area (Å²) in [5, 5.41) is 9.07. The third kappa shape index (κ3) is 4.07. The summed E-state index contributed by atoms with van der Waals surface area (Å²) in [6.07, 6.45) is 1.48. The number of ether oxygens (including phenoxy) is 3. The van der Waals surface area contributed by atoms with Crippen molar-refractivity contribution in [1.82, 2.24) is 9.88 Å². The van der Waals surface area contributed by atoms with Gasteiger partial charge in [-0.2, -0.15) is 0 Å². The minimum atomic E-state index is -0.154. The van der Waals surface area contributed by atoms with Crippen LogP contribution in [0.2, 0.25) is 0 Å². The topological polar surface area (TPSA) is 81.1 Å². The molecular weight excluding hydrogens is 324 g/mol. The molecule has 0 atom stereocenters. The molecule has 1 aliphatic rings. The van der Waals surface area contributed by atoms with E-state index in [-0.39, 0.29) is 19.3 Å². The van der Waals surface area contributed by atoms with Crippen LogP contribution in [0.15, 0.2) is 36.5 Å². The van der Waals surface area contributed by atoms with Crippen LogP contribution >= 0.6 is 0 Å². The summed E-state index contributed by atoms with van der Waals surface area (Å²) in [5.41, 5.74) is 1.93. The zero-order chi connectivity index (χ0) is 17.6. The Hall–Kier alpha value is -2.64. The fourth-order valence-corrected chi connectivity index (χ4v) is 2.54. The molecule has 1 aromatic heterocycles. The number of hydrogen-bond acceptors (Lipinski definition) is 6. The molecule has 1 N–H and O–H groups in total. The van der Waals surface area contributed by atoms with E-state index in [0.29, 0.717) is 42.5 Å². The summed E-state index contributed by atoms with van der Waals surface area (Å²) in [5.74, 6) is 1.25. The van der Waals surface area contributed by atoms with Gasteiger partial charge < -0.3 is 24.2 Å². The number of aliphatic hydroxyl groups excluding tert-OH is 1. The SMILES string of the molecule is COCCN(Cc1ccc2c(c1)OCO2)C(=O)c1ccc(CO)nc1. The van der Waals surface area contributed by atoms with Crippen molar-refractivity contribution in [3.05, 3.63) is 53.3 Å². The maximum Gasteiger partial charge on any atom is 0.255 e. The number of nitrogens with zero attached hydrogens (tertiary/aromatic N) is 2. The number of methoxy groups -OCH3 is 1. The molecule has 0 radical (unpaired) electrons. The Bertz CT molecular complexity index is 733. The summed E-state index contributed by atoms with van der Waals surface area (Å²) in [6.45, 7) is 1.36. The average Bonchev–Trinajstić information content (AvgIpc) is 3.12. The lowest BCUT2D eigenvalue weighted by molar-refractivity contribution is 0.0679. The van der Waals surface area contributed by atoms with Gasteiger partial charge in [-0.25, -0.2) is 0 Å². The second-order valence-corrected chi connectivity index (χ2v) is 5.60. The second-order valence-electron chi connectivity index (χ2n) is 5.60. The van der Waals surface area contributed by atoms with Crippen molar-refractivity contribution in [1.29, 1.82) is 0 Å². The fourth-order valence-electron chi connectivity index (χ4n) is 2.54. The largest absolute Gasteiger partial charge is 0.454 e. The van der Waals surface area contributed by atoms with Crippen LogP contribution in [0.5, 0.6) is 11.5 Å². The number of benzene rings is 1. The van der Waals surface area contributed by atoms with Crippen molar-refractivity contribution in [3.8, 4) is 11.5 Å². The van der Waals surface area contributed by atoms with Gasteiger partial charge in [0, 0.05) is 26.4 Å². The molecule has 0 saturated carbocycles. The number of carbonyl (C=O) groups is 1. The van der Waals surface area contributed by atoms with Crippen LogP contribution in [0, 0.1) is 0 Å². The molecule has 1 aromatic carbocycles. The third-order valence-corrected chi connectivity index (χ3v) is 3.90. The van der Waals surface area contributed by atoms with Gasteiger partial charge in [0.2, 0.25) is 6.79 Å². The van der Waals surface area contributed by atoms with Crippen molar-refractivity contribution in [3.63, 3.8) is 0 Å². The molecule has 0 spiro atoms. The lowest BCUT2D eigenvalue weighted by atomic mass is 10.1. The van der Waals surface area contributed by atoms with E-state index in [9.17, 15) is 4.79 Å². The van der Waals surface area contributed by atoms with E-state index in [0.717, 1.165) is 5.56 Å². The Labute approximate surface area is 145 Å². The van der Waals surface area contributed by atoms with Crippen molar-refractivity contribution in [2.75, 3.05) is 27.1 Å². The van der Waals surface area contributed by atoms with E-state index in [4.69, 9.17) is 19.3 Å². The normalized spacial score (nSPS) is 12.2. The van der Waals surface area contributed by atoms with Gasteiger partial charge in [0.1, 0.15) is 0 Å². The highest BCUT2D eigenvalue weighted by atomic mass is 16.7. The first-order valence-electron chi connectivity index (χ1n) is 7.94. The van der Waals surface area contributed by atoms with E-state index in [2.05, 4.69) is 4.98 Å². The Morgan fingerprint density at radius 2 is 2.12 bits per heavy atom. The first kappa shape index (κ1) is 17.2. The highest BCUT2D eigenvalue weighted by molar-refractivity contribution is 5.93. The third-order valence-electron chi connectivity index (χ3n) is 3.90. The number of rotatable bonds is 7. The summed E-state index contributed by atoms with van der Waals surface area (Å²) in [4.78, 5) is 18.6. The number of aliphatic hydroxyl groups is 1. The van der Waals surface area contributed by atoms with Gasteiger partial charge in [0.15, 0.2) is 11.5 Å². The number of fused-ring (bicyclic) bond motifs is 1. The molecule has 2 heterocycles. The van der Waals surface area contributed by atoms with Crippen LogP contribution in [0.25, 0.3) is 0 Å². The molecule has 3 rings (SSSR count). The van der Waals surface area contributed by atoms with Gasteiger partial charge in [0.25, 0.3) is 5.91 Å². The molecule has 0 aliphatic carbocycles. The van der Waals surface area contributed by atoms with Gasteiger partial charge in [-0.05, 0) is 29.8 Å². The highest BCUT2D eigenvalue weighted by Gasteiger charge is 2.19. The van der Waals surface area contributed by atoms with Crippen molar-refractivity contribution < 1.29 is 24.1 Å². The molecule has 132 valence electrons. The predicted molar refractivity (Wildman–Crippen MR) is 89.3 cm³/mol. The molecule has 1 amide bonds. The summed E-state index contributed by atoms with van der Waals surface area (Å²) in [7, 11) is 1.60. The minimum Gasteiger partial charge on any atom is -0.454 e. The summed E-state index contributed by atoms with van der Waals surface area (Å²) >= 11 is 0. The number of amides is 1. The Balaban J connectivity index is 1.77. The van der Waals surface area contributed by atoms with Crippen molar-refractivity contribution in [2.24, 2.45) is 0 Å². The lowest BCUT2D eigenvalue weighted by Gasteiger charge is -2.22. The smallest absolute Gasteiger partial charge is 0.255 e. The Morgan fingerprint density at radius 1 is 1.28 bits per heavy atom. The van der Waals surface area contributed by atoms with Gasteiger partial charge >= 0.3 is 0 Å². The highest BCUT2D eigenvalue weighted by Crippen LogP contribution is 2.32. The lowest BCUT2D eigenvalue weighted by Crippen LogP contribution is -2.33. The van der Waals surface area contributed by atoms with Gasteiger partial charge in [0.05, 0.1) is 24.5 Å². The molecule has 7 heteroatoms. The Morgan fingerprint density at radius 3 is 2.84 bits per heavy atom. The zero-order valence-corrected chi connectivity index (χ0v) is 14.0. The molecule has 1 aliphatic heterocycles. The van der Waals surface area contributed by atoms with E-state index in [1.807, 2.05) is 18.2 Å². The molecule has 0 saturated heterocycles. The maximum absolute atomic E-state index is 12.8. The van der Waals surface area contributed by atoms with Crippen LogP contribution in [-0.4, -0.2) is 48.0 Å². The van der Waals surface area contributed by atoms with Gasteiger partial charge in [-0.1, -0.05) is 6.07 Å². The summed E-state index contributed by atoms with van der Waals surface area (Å²) < 4.78 is 15.8. The number of hydrogen-bond donors (Lipinski definition) is 1. The van der Waals surface area contributed by atoms with Crippen molar-refractivity contribution in [2.45, 2.75) is 13.2 Å². The number of pyridine rings is 1. The van der Waals surface area contributed by atoms with E-state index in [1.54, 1.807) is 24.1 Å². The van der Waals surface area contributed by atoms with Gasteiger partial charge in [-0.3, -0.25) is 9.78 Å². The summed E-state index contributed by atoms with van der Waals surface area (Å²) in [6, 6.07) is 8.94. The van der Waals surface area contributed by atoms with Crippen LogP contribution in [0.3, 0.4) is 0 Å². The van der Waals surface area contributed by atoms with Gasteiger partial charge in [-0.15, -0.1) is 0 Å².